The lowest BCUT2D eigenvalue weighted by Crippen LogP contribution is -2.41. The third kappa shape index (κ3) is 6.02. The summed E-state index contributed by atoms with van der Waals surface area (Å²) in [6, 6.07) is 7.57. The summed E-state index contributed by atoms with van der Waals surface area (Å²) in [6.45, 7) is 5.67. The molecule has 188 valence electrons. The van der Waals surface area contributed by atoms with E-state index in [4.69, 9.17) is 27.9 Å². The summed E-state index contributed by atoms with van der Waals surface area (Å²) < 4.78 is 33.9. The molecule has 2 aliphatic rings. The van der Waals surface area contributed by atoms with Crippen LogP contribution in [0.4, 0.5) is 5.95 Å². The second kappa shape index (κ2) is 9.42. The van der Waals surface area contributed by atoms with Gasteiger partial charge in [0, 0.05) is 39.8 Å². The number of sulfonamides is 1. The summed E-state index contributed by atoms with van der Waals surface area (Å²) in [6.07, 6.45) is 7.25. The number of aromatic nitrogens is 3. The van der Waals surface area contributed by atoms with E-state index in [1.165, 1.54) is 0 Å². The van der Waals surface area contributed by atoms with Crippen molar-refractivity contribution in [1.82, 2.24) is 19.5 Å². The number of hydrogen-bond donors (Lipinski definition) is 1. The van der Waals surface area contributed by atoms with Crippen molar-refractivity contribution in [2.75, 3.05) is 30.7 Å². The van der Waals surface area contributed by atoms with Crippen LogP contribution in [0, 0.1) is 5.41 Å². The third-order valence-electron chi connectivity index (χ3n) is 6.80. The van der Waals surface area contributed by atoms with Crippen LogP contribution in [0.1, 0.15) is 49.7 Å². The Morgan fingerprint density at radius 3 is 2.43 bits per heavy atom. The molecule has 0 atom stereocenters. The van der Waals surface area contributed by atoms with Crippen LogP contribution in [0.5, 0.6) is 5.75 Å². The van der Waals surface area contributed by atoms with Gasteiger partial charge in [0.25, 0.3) is 0 Å². The smallest absolute Gasteiger partial charge is 0.242 e. The van der Waals surface area contributed by atoms with Gasteiger partial charge in [-0.1, -0.05) is 30.1 Å². The van der Waals surface area contributed by atoms with E-state index < -0.39 is 10.0 Å². The Morgan fingerprint density at radius 2 is 1.80 bits per heavy atom. The molecule has 0 radical (unpaired) electrons. The number of nitrogens with one attached hydrogen (secondary N) is 1. The Bertz CT molecular complexity index is 1330. The normalized spacial score (nSPS) is 18.6. The van der Waals surface area contributed by atoms with Gasteiger partial charge in [-0.3, -0.25) is 14.0 Å². The molecule has 1 aliphatic heterocycles. The van der Waals surface area contributed by atoms with Crippen molar-refractivity contribution in [1.29, 1.82) is 0 Å². The molecule has 0 unspecified atom stereocenters. The van der Waals surface area contributed by atoms with Crippen molar-refractivity contribution in [3.8, 4) is 5.75 Å². The monoisotopic (exact) mass is 537 g/mol. The number of rotatable bonds is 8. The van der Waals surface area contributed by atoms with Gasteiger partial charge in [0.15, 0.2) is 5.65 Å². The van der Waals surface area contributed by atoms with Crippen LogP contribution in [0.15, 0.2) is 30.5 Å². The van der Waals surface area contributed by atoms with Crippen LogP contribution >= 0.6 is 23.2 Å². The minimum atomic E-state index is -3.45. The van der Waals surface area contributed by atoms with Gasteiger partial charge in [0.2, 0.25) is 16.0 Å². The molecule has 5 rings (SSSR count). The predicted octanol–water partition coefficient (Wildman–Crippen LogP) is 4.97. The van der Waals surface area contributed by atoms with Crippen molar-refractivity contribution >= 4 is 44.8 Å². The molecule has 3 heterocycles. The summed E-state index contributed by atoms with van der Waals surface area (Å²) in [4.78, 5) is 2.43. The van der Waals surface area contributed by atoms with Crippen LogP contribution < -0.4 is 9.46 Å². The van der Waals surface area contributed by atoms with E-state index in [1.807, 2.05) is 24.4 Å². The van der Waals surface area contributed by atoms with E-state index in [-0.39, 0.29) is 11.4 Å². The molecule has 35 heavy (non-hydrogen) atoms. The SMILES string of the molecule is CC1(COc2cc3nnc(NS(C)(=O)=O)n3cc2C2CC2)CCN(Cc2cc(Cl)cc(Cl)c2)CC1. The summed E-state index contributed by atoms with van der Waals surface area (Å²) in [5.74, 6) is 1.42. The fraction of sp³-hybridized carbons (Fsp3) is 0.500. The first-order chi connectivity index (χ1) is 16.6. The van der Waals surface area contributed by atoms with Crippen LogP contribution in [0.25, 0.3) is 5.65 Å². The molecular weight excluding hydrogens is 509 g/mol. The van der Waals surface area contributed by atoms with Crippen molar-refractivity contribution in [3.63, 3.8) is 0 Å². The van der Waals surface area contributed by atoms with Gasteiger partial charge in [-0.2, -0.15) is 0 Å². The molecule has 2 aromatic heterocycles. The van der Waals surface area contributed by atoms with E-state index in [1.54, 1.807) is 10.5 Å². The lowest BCUT2D eigenvalue weighted by Gasteiger charge is -2.39. The molecule has 1 saturated heterocycles. The van der Waals surface area contributed by atoms with Crippen molar-refractivity contribution < 1.29 is 13.2 Å². The predicted molar refractivity (Wildman–Crippen MR) is 138 cm³/mol. The molecular formula is C24H29Cl2N5O3S. The van der Waals surface area contributed by atoms with E-state index in [0.29, 0.717) is 28.2 Å². The Labute approximate surface area is 215 Å². The molecule has 0 bridgehead atoms. The van der Waals surface area contributed by atoms with E-state index in [9.17, 15) is 8.42 Å². The third-order valence-corrected chi connectivity index (χ3v) is 7.79. The first-order valence-electron chi connectivity index (χ1n) is 11.7. The van der Waals surface area contributed by atoms with Gasteiger partial charge in [-0.25, -0.2) is 8.42 Å². The maximum Gasteiger partial charge on any atom is 0.242 e. The second-order valence-electron chi connectivity index (χ2n) is 10.1. The average Bonchev–Trinajstić information content (AvgIpc) is 3.55. The Hall–Kier alpha value is -2.07. The Balaban J connectivity index is 1.25. The van der Waals surface area contributed by atoms with Gasteiger partial charge in [-0.05, 0) is 68.5 Å². The van der Waals surface area contributed by atoms with Crippen molar-refractivity contribution in [2.24, 2.45) is 5.41 Å². The lowest BCUT2D eigenvalue weighted by atomic mass is 9.81. The fourth-order valence-corrected chi connectivity index (χ4v) is 5.64. The number of hydrogen-bond acceptors (Lipinski definition) is 6. The Kier molecular flexibility index (Phi) is 6.63. The molecule has 8 nitrogen and oxygen atoms in total. The summed E-state index contributed by atoms with van der Waals surface area (Å²) in [7, 11) is -3.45. The summed E-state index contributed by atoms with van der Waals surface area (Å²) >= 11 is 12.3. The summed E-state index contributed by atoms with van der Waals surface area (Å²) in [5.41, 5.74) is 2.82. The topological polar surface area (TPSA) is 88.8 Å². The molecule has 11 heteroatoms. The molecule has 1 saturated carbocycles. The van der Waals surface area contributed by atoms with Crippen LogP contribution in [-0.4, -0.2) is 53.9 Å². The molecule has 3 aromatic rings. The van der Waals surface area contributed by atoms with E-state index in [2.05, 4.69) is 26.7 Å². The fourth-order valence-electron chi connectivity index (χ4n) is 4.60. The number of benzene rings is 1. The van der Waals surface area contributed by atoms with Crippen LogP contribution in [0.2, 0.25) is 10.0 Å². The van der Waals surface area contributed by atoms with Gasteiger partial charge < -0.3 is 4.74 Å². The molecule has 2 fully saturated rings. The molecule has 1 N–H and O–H groups in total. The Morgan fingerprint density at radius 1 is 1.11 bits per heavy atom. The molecule has 1 aromatic carbocycles. The molecule has 0 amide bonds. The maximum atomic E-state index is 11.7. The van der Waals surface area contributed by atoms with Crippen molar-refractivity contribution in [3.05, 3.63) is 51.6 Å². The standard InChI is InChI=1S/C24H29Cl2N5O3S/c1-24(5-7-30(8-6-24)13-16-9-18(25)11-19(26)10-16)15-34-21-12-22-27-28-23(29-35(2,32)33)31(22)14-20(21)17-3-4-17/h9-12,14,17H,3-8,13,15H2,1-2H3,(H,28,29). The van der Waals surface area contributed by atoms with Gasteiger partial charge >= 0.3 is 0 Å². The van der Waals surface area contributed by atoms with Gasteiger partial charge in [-0.15, -0.1) is 10.2 Å². The second-order valence-corrected chi connectivity index (χ2v) is 12.8. The average molecular weight is 539 g/mol. The van der Waals surface area contributed by atoms with Crippen molar-refractivity contribution in [2.45, 2.75) is 45.1 Å². The minimum Gasteiger partial charge on any atom is -0.493 e. The zero-order valence-electron chi connectivity index (χ0n) is 19.8. The van der Waals surface area contributed by atoms with Gasteiger partial charge in [0.05, 0.1) is 12.9 Å². The largest absolute Gasteiger partial charge is 0.493 e. The highest BCUT2D eigenvalue weighted by molar-refractivity contribution is 7.92. The number of halogens is 2. The van der Waals surface area contributed by atoms with Gasteiger partial charge in [0.1, 0.15) is 5.75 Å². The number of nitrogens with zero attached hydrogens (tertiary/aromatic N) is 4. The maximum absolute atomic E-state index is 11.7. The number of fused-ring (bicyclic) bond motifs is 1. The van der Waals surface area contributed by atoms with E-state index >= 15 is 0 Å². The lowest BCUT2D eigenvalue weighted by molar-refractivity contribution is 0.0653. The molecule has 0 spiro atoms. The van der Waals surface area contributed by atoms with E-state index in [0.717, 1.165) is 68.4 Å². The highest BCUT2D eigenvalue weighted by atomic mass is 35.5. The number of anilines is 1. The van der Waals surface area contributed by atoms with Crippen LogP contribution in [-0.2, 0) is 16.6 Å². The number of ether oxygens (including phenoxy) is 1. The highest BCUT2D eigenvalue weighted by Gasteiger charge is 2.33. The van der Waals surface area contributed by atoms with Crippen LogP contribution in [0.3, 0.4) is 0 Å². The number of likely N-dealkylation sites (tertiary alicyclic amines) is 1. The summed E-state index contributed by atoms with van der Waals surface area (Å²) in [5, 5.41) is 9.47. The number of pyridine rings is 1. The first-order valence-corrected chi connectivity index (χ1v) is 14.4. The first kappa shape index (κ1) is 24.6. The number of piperidine rings is 1. The quantitative estimate of drug-likeness (QED) is 0.436. The zero-order chi connectivity index (χ0) is 24.8. The zero-order valence-corrected chi connectivity index (χ0v) is 22.1. The highest BCUT2D eigenvalue weighted by Crippen LogP contribution is 2.45. The molecule has 1 aliphatic carbocycles. The minimum absolute atomic E-state index is 0.0616.